The largest absolute Gasteiger partial charge is 0.480 e. The van der Waals surface area contributed by atoms with Crippen molar-refractivity contribution in [2.45, 2.75) is 26.7 Å². The molecule has 88 valence electrons. The van der Waals surface area contributed by atoms with Crippen LogP contribution < -0.4 is 4.72 Å². The van der Waals surface area contributed by atoms with Crippen LogP contribution >= 0.6 is 0 Å². The number of carboxylic acids is 1. The van der Waals surface area contributed by atoms with Crippen molar-refractivity contribution in [1.29, 1.82) is 0 Å². The van der Waals surface area contributed by atoms with E-state index in [2.05, 4.69) is 18.6 Å². The molecular formula is C9H17NO4S. The molecule has 1 rings (SSSR count). The maximum Gasteiger partial charge on any atom is 0.320 e. The SMILES string of the molecule is CC(C)C1(CNS(=O)(=O)CC(=O)O)CC1. The highest BCUT2D eigenvalue weighted by molar-refractivity contribution is 7.90. The Kier molecular flexibility index (Phi) is 3.40. The molecule has 15 heavy (non-hydrogen) atoms. The van der Waals surface area contributed by atoms with E-state index >= 15 is 0 Å². The molecule has 6 heteroatoms. The molecule has 0 aromatic rings. The number of rotatable bonds is 6. The first kappa shape index (κ1) is 12.4. The van der Waals surface area contributed by atoms with Gasteiger partial charge in [0, 0.05) is 6.54 Å². The summed E-state index contributed by atoms with van der Waals surface area (Å²) < 4.78 is 24.9. The third kappa shape index (κ3) is 3.46. The molecule has 0 atom stereocenters. The Hall–Kier alpha value is -0.620. The highest BCUT2D eigenvalue weighted by Crippen LogP contribution is 2.51. The van der Waals surface area contributed by atoms with Gasteiger partial charge in [-0.05, 0) is 24.2 Å². The maximum atomic E-state index is 11.2. The lowest BCUT2D eigenvalue weighted by Gasteiger charge is -2.19. The molecule has 0 aromatic carbocycles. The van der Waals surface area contributed by atoms with Crippen LogP contribution in [0.25, 0.3) is 0 Å². The molecular weight excluding hydrogens is 218 g/mol. The van der Waals surface area contributed by atoms with Gasteiger partial charge in [-0.25, -0.2) is 13.1 Å². The third-order valence-electron chi connectivity index (χ3n) is 3.07. The van der Waals surface area contributed by atoms with Gasteiger partial charge in [0.25, 0.3) is 0 Å². The van der Waals surface area contributed by atoms with Crippen molar-refractivity contribution >= 4 is 16.0 Å². The summed E-state index contributed by atoms with van der Waals surface area (Å²) in [7, 11) is -3.66. The fraction of sp³-hybridized carbons (Fsp3) is 0.889. The van der Waals surface area contributed by atoms with Crippen molar-refractivity contribution in [2.75, 3.05) is 12.3 Å². The molecule has 0 aromatic heterocycles. The molecule has 0 heterocycles. The average Bonchev–Trinajstić information content (AvgIpc) is 2.78. The van der Waals surface area contributed by atoms with E-state index in [4.69, 9.17) is 5.11 Å². The summed E-state index contributed by atoms with van der Waals surface area (Å²) in [5.41, 5.74) is 0.0611. The van der Waals surface area contributed by atoms with E-state index in [1.54, 1.807) is 0 Å². The second-order valence-corrected chi connectivity index (χ2v) is 6.30. The minimum absolute atomic E-state index is 0.0611. The van der Waals surface area contributed by atoms with Gasteiger partial charge < -0.3 is 5.11 Å². The number of carboxylic acid groups (broad SMARTS) is 1. The molecule has 1 aliphatic rings. The molecule has 0 saturated heterocycles. The van der Waals surface area contributed by atoms with E-state index in [1.807, 2.05) is 0 Å². The van der Waals surface area contributed by atoms with Crippen molar-refractivity contribution < 1.29 is 18.3 Å². The van der Waals surface area contributed by atoms with Crippen LogP contribution in [0.1, 0.15) is 26.7 Å². The summed E-state index contributed by atoms with van der Waals surface area (Å²) in [4.78, 5) is 10.3. The van der Waals surface area contributed by atoms with Gasteiger partial charge in [-0.3, -0.25) is 4.79 Å². The topological polar surface area (TPSA) is 83.5 Å². The third-order valence-corrected chi connectivity index (χ3v) is 4.29. The molecule has 0 aliphatic heterocycles. The minimum Gasteiger partial charge on any atom is -0.480 e. The van der Waals surface area contributed by atoms with Crippen molar-refractivity contribution in [3.8, 4) is 0 Å². The lowest BCUT2D eigenvalue weighted by Crippen LogP contribution is -2.36. The number of sulfonamides is 1. The van der Waals surface area contributed by atoms with E-state index in [0.717, 1.165) is 12.8 Å². The van der Waals surface area contributed by atoms with Gasteiger partial charge in [-0.1, -0.05) is 13.8 Å². The van der Waals surface area contributed by atoms with Gasteiger partial charge in [0.1, 0.15) is 0 Å². The Morgan fingerprint density at radius 1 is 1.47 bits per heavy atom. The lowest BCUT2D eigenvalue weighted by atomic mass is 9.93. The van der Waals surface area contributed by atoms with Crippen molar-refractivity contribution in [3.05, 3.63) is 0 Å². The number of hydrogen-bond donors (Lipinski definition) is 2. The zero-order chi connectivity index (χ0) is 11.7. The highest BCUT2D eigenvalue weighted by atomic mass is 32.2. The molecule has 5 nitrogen and oxygen atoms in total. The molecule has 0 radical (unpaired) electrons. The summed E-state index contributed by atoms with van der Waals surface area (Å²) in [6.45, 7) is 4.47. The Bertz CT molecular complexity index is 343. The summed E-state index contributed by atoms with van der Waals surface area (Å²) in [5.74, 6) is -1.75. The molecule has 1 fully saturated rings. The second-order valence-electron chi connectivity index (χ2n) is 4.49. The van der Waals surface area contributed by atoms with Gasteiger partial charge >= 0.3 is 5.97 Å². The number of hydrogen-bond acceptors (Lipinski definition) is 3. The van der Waals surface area contributed by atoms with Crippen molar-refractivity contribution in [1.82, 2.24) is 4.72 Å². The molecule has 0 unspecified atom stereocenters. The maximum absolute atomic E-state index is 11.2. The van der Waals surface area contributed by atoms with Gasteiger partial charge in [-0.15, -0.1) is 0 Å². The Morgan fingerprint density at radius 2 is 2.00 bits per heavy atom. The normalized spacial score (nSPS) is 19.1. The second kappa shape index (κ2) is 4.09. The van der Waals surface area contributed by atoms with Crippen LogP contribution in [-0.4, -0.2) is 31.8 Å². The van der Waals surface area contributed by atoms with Crippen LogP contribution in [0.3, 0.4) is 0 Å². The van der Waals surface area contributed by atoms with Crippen molar-refractivity contribution in [2.24, 2.45) is 11.3 Å². The Morgan fingerprint density at radius 3 is 2.33 bits per heavy atom. The van der Waals surface area contributed by atoms with E-state index in [-0.39, 0.29) is 5.41 Å². The summed E-state index contributed by atoms with van der Waals surface area (Å²) >= 11 is 0. The molecule has 1 aliphatic carbocycles. The first-order valence-electron chi connectivity index (χ1n) is 4.97. The highest BCUT2D eigenvalue weighted by Gasteiger charge is 2.45. The van der Waals surface area contributed by atoms with E-state index in [0.29, 0.717) is 12.5 Å². The van der Waals surface area contributed by atoms with Gasteiger partial charge in [0.2, 0.25) is 10.0 Å². The summed E-state index contributed by atoms with van der Waals surface area (Å²) in [6.07, 6.45) is 2.03. The lowest BCUT2D eigenvalue weighted by molar-refractivity contribution is -0.134. The van der Waals surface area contributed by atoms with E-state index < -0.39 is 21.7 Å². The first-order valence-corrected chi connectivity index (χ1v) is 6.62. The predicted molar refractivity (Wildman–Crippen MR) is 55.9 cm³/mol. The smallest absolute Gasteiger partial charge is 0.320 e. The average molecular weight is 235 g/mol. The van der Waals surface area contributed by atoms with Crippen molar-refractivity contribution in [3.63, 3.8) is 0 Å². The van der Waals surface area contributed by atoms with Crippen LogP contribution in [0.2, 0.25) is 0 Å². The quantitative estimate of drug-likeness (QED) is 0.699. The molecule has 0 spiro atoms. The number of carbonyl (C=O) groups is 1. The van der Waals surface area contributed by atoms with E-state index in [9.17, 15) is 13.2 Å². The van der Waals surface area contributed by atoms with Crippen LogP contribution in [0, 0.1) is 11.3 Å². The predicted octanol–water partition coefficient (Wildman–Crippen LogP) is 0.427. The van der Waals surface area contributed by atoms with Gasteiger partial charge in [0.05, 0.1) is 0 Å². The van der Waals surface area contributed by atoms with E-state index in [1.165, 1.54) is 0 Å². The van der Waals surface area contributed by atoms with Gasteiger partial charge in [0.15, 0.2) is 5.75 Å². The first-order chi connectivity index (χ1) is 6.77. The summed E-state index contributed by atoms with van der Waals surface area (Å²) in [6, 6.07) is 0. The van der Waals surface area contributed by atoms with Crippen LogP contribution in [0.5, 0.6) is 0 Å². The zero-order valence-electron chi connectivity index (χ0n) is 8.99. The van der Waals surface area contributed by atoms with Crippen LogP contribution in [0.4, 0.5) is 0 Å². The van der Waals surface area contributed by atoms with Crippen LogP contribution in [-0.2, 0) is 14.8 Å². The Labute approximate surface area is 89.9 Å². The molecule has 2 N–H and O–H groups in total. The fourth-order valence-corrected chi connectivity index (χ4v) is 2.52. The fourth-order valence-electron chi connectivity index (χ4n) is 1.59. The number of aliphatic carboxylic acids is 1. The molecule has 0 bridgehead atoms. The molecule has 0 amide bonds. The molecule has 1 saturated carbocycles. The number of nitrogens with one attached hydrogen (secondary N) is 1. The van der Waals surface area contributed by atoms with Crippen LogP contribution in [0.15, 0.2) is 0 Å². The van der Waals surface area contributed by atoms with Gasteiger partial charge in [-0.2, -0.15) is 0 Å². The summed E-state index contributed by atoms with van der Waals surface area (Å²) in [5, 5.41) is 8.38. The standard InChI is InChI=1S/C9H17NO4S/c1-7(2)9(3-4-9)6-10-15(13,14)5-8(11)12/h7,10H,3-6H2,1-2H3,(H,11,12). The zero-order valence-corrected chi connectivity index (χ0v) is 9.80. The minimum atomic E-state index is -3.66. The monoisotopic (exact) mass is 235 g/mol. The Balaban J connectivity index is 2.47.